The summed E-state index contributed by atoms with van der Waals surface area (Å²) in [7, 11) is 2.44. The van der Waals surface area contributed by atoms with E-state index < -0.39 is 46.9 Å². The van der Waals surface area contributed by atoms with Crippen LogP contribution in [-0.2, 0) is 29.8 Å². The summed E-state index contributed by atoms with van der Waals surface area (Å²) in [5.74, 6) is -2.23. The molecule has 0 spiro atoms. The van der Waals surface area contributed by atoms with Gasteiger partial charge in [-0.1, -0.05) is 12.1 Å². The number of nitrogen functional groups attached to an aromatic ring is 1. The zero-order valence-corrected chi connectivity index (χ0v) is 15.3. The Labute approximate surface area is 161 Å². The quantitative estimate of drug-likeness (QED) is 0.448. The molecule has 0 atom stereocenters. The topological polar surface area (TPSA) is 113 Å². The fourth-order valence-electron chi connectivity index (χ4n) is 2.33. The lowest BCUT2D eigenvalue weighted by molar-refractivity contribution is -0.138. The third-order valence-corrected chi connectivity index (χ3v) is 3.98. The van der Waals surface area contributed by atoms with Crippen molar-refractivity contribution >= 4 is 23.6 Å². The molecule has 2 aromatic rings. The average Bonchev–Trinajstić information content (AvgIpc) is 2.67. The number of rotatable bonds is 5. The van der Waals surface area contributed by atoms with Gasteiger partial charge in [-0.05, 0) is 23.8 Å². The van der Waals surface area contributed by atoms with Gasteiger partial charge in [-0.3, -0.25) is 18.7 Å². The summed E-state index contributed by atoms with van der Waals surface area (Å²) >= 11 is 0. The van der Waals surface area contributed by atoms with E-state index in [0.717, 1.165) is 34.9 Å². The summed E-state index contributed by atoms with van der Waals surface area (Å²) < 4.78 is 43.8. The second-order valence-electron chi connectivity index (χ2n) is 5.95. The predicted octanol–water partition coefficient (Wildman–Crippen LogP) is 1.12. The molecule has 0 aliphatic heterocycles. The van der Waals surface area contributed by atoms with Crippen molar-refractivity contribution in [2.24, 2.45) is 14.1 Å². The summed E-state index contributed by atoms with van der Waals surface area (Å²) in [4.78, 5) is 47.7. The molecule has 2 N–H and O–H groups in total. The Morgan fingerprint density at radius 3 is 2.24 bits per heavy atom. The van der Waals surface area contributed by atoms with Crippen LogP contribution < -0.4 is 17.0 Å². The lowest BCUT2D eigenvalue weighted by atomic mass is 10.1. The number of esters is 1. The molecular formula is C18H16F3N3O5. The molecule has 29 heavy (non-hydrogen) atoms. The number of nitrogens with zero attached hydrogens (tertiary/aromatic N) is 2. The highest BCUT2D eigenvalue weighted by molar-refractivity contribution is 6.01. The van der Waals surface area contributed by atoms with Crippen LogP contribution >= 0.6 is 0 Å². The Morgan fingerprint density at radius 1 is 1.10 bits per heavy atom. The first-order chi connectivity index (χ1) is 13.4. The van der Waals surface area contributed by atoms with E-state index >= 15 is 0 Å². The number of Topliss-reactive ketones (excluding diaryl/α,β-unsaturated/α-hetero) is 1. The molecule has 2 rings (SSSR count). The number of hydrogen-bond donors (Lipinski definition) is 1. The van der Waals surface area contributed by atoms with Gasteiger partial charge in [-0.15, -0.1) is 0 Å². The third kappa shape index (κ3) is 4.81. The monoisotopic (exact) mass is 411 g/mol. The zero-order chi connectivity index (χ0) is 21.9. The normalized spacial score (nSPS) is 11.6. The van der Waals surface area contributed by atoms with E-state index in [4.69, 9.17) is 10.5 Å². The molecule has 1 aromatic carbocycles. The van der Waals surface area contributed by atoms with Crippen LogP contribution in [0.3, 0.4) is 0 Å². The van der Waals surface area contributed by atoms with E-state index in [1.807, 2.05) is 0 Å². The number of benzene rings is 1. The van der Waals surface area contributed by atoms with Gasteiger partial charge in [0.1, 0.15) is 11.4 Å². The largest absolute Gasteiger partial charge is 0.454 e. The summed E-state index contributed by atoms with van der Waals surface area (Å²) in [5.41, 5.74) is 2.96. The summed E-state index contributed by atoms with van der Waals surface area (Å²) in [6.07, 6.45) is -2.36. The minimum absolute atomic E-state index is 0.303. The first-order valence-electron chi connectivity index (χ1n) is 8.04. The maximum absolute atomic E-state index is 12.5. The molecule has 0 unspecified atom stereocenters. The average molecular weight is 411 g/mol. The molecular weight excluding hydrogens is 395 g/mol. The second kappa shape index (κ2) is 8.17. The molecule has 8 nitrogen and oxygen atoms in total. The Balaban J connectivity index is 2.06. The minimum Gasteiger partial charge on any atom is -0.454 e. The van der Waals surface area contributed by atoms with Crippen LogP contribution in [0, 0.1) is 0 Å². The van der Waals surface area contributed by atoms with Crippen LogP contribution in [-0.4, -0.2) is 27.5 Å². The predicted molar refractivity (Wildman–Crippen MR) is 97.1 cm³/mol. The van der Waals surface area contributed by atoms with Crippen LogP contribution in [0.2, 0.25) is 0 Å². The van der Waals surface area contributed by atoms with Gasteiger partial charge in [-0.25, -0.2) is 9.59 Å². The number of halogens is 3. The fraction of sp³-hybridized carbons (Fsp3) is 0.222. The van der Waals surface area contributed by atoms with Crippen LogP contribution in [0.1, 0.15) is 21.5 Å². The molecule has 0 saturated heterocycles. The summed E-state index contributed by atoms with van der Waals surface area (Å²) in [5, 5.41) is 0. The molecule has 0 saturated carbocycles. The number of nitrogens with two attached hydrogens (primary N) is 1. The van der Waals surface area contributed by atoms with Gasteiger partial charge >= 0.3 is 17.8 Å². The zero-order valence-electron chi connectivity index (χ0n) is 15.3. The van der Waals surface area contributed by atoms with Gasteiger partial charge in [0.05, 0.1) is 5.56 Å². The van der Waals surface area contributed by atoms with E-state index in [1.54, 1.807) is 0 Å². The molecule has 0 aliphatic rings. The van der Waals surface area contributed by atoms with Crippen molar-refractivity contribution in [3.63, 3.8) is 0 Å². The highest BCUT2D eigenvalue weighted by Crippen LogP contribution is 2.29. The first kappa shape index (κ1) is 21.7. The Bertz CT molecular complexity index is 1100. The van der Waals surface area contributed by atoms with Crippen molar-refractivity contribution < 1.29 is 27.5 Å². The van der Waals surface area contributed by atoms with Crippen molar-refractivity contribution in [3.8, 4) is 0 Å². The van der Waals surface area contributed by atoms with Crippen molar-refractivity contribution in [1.29, 1.82) is 0 Å². The Hall–Kier alpha value is -3.63. The van der Waals surface area contributed by atoms with Crippen LogP contribution in [0.5, 0.6) is 0 Å². The van der Waals surface area contributed by atoms with Gasteiger partial charge < -0.3 is 10.5 Å². The molecule has 0 amide bonds. The molecule has 0 fully saturated rings. The van der Waals surface area contributed by atoms with Crippen molar-refractivity contribution in [1.82, 2.24) is 9.13 Å². The maximum Gasteiger partial charge on any atom is 0.416 e. The van der Waals surface area contributed by atoms with Gasteiger partial charge in [-0.2, -0.15) is 13.2 Å². The van der Waals surface area contributed by atoms with Crippen LogP contribution in [0.15, 0.2) is 39.9 Å². The molecule has 0 radical (unpaired) electrons. The molecule has 1 aromatic heterocycles. The molecule has 11 heteroatoms. The first-order valence-corrected chi connectivity index (χ1v) is 8.04. The number of hydrogen-bond acceptors (Lipinski definition) is 6. The molecule has 1 heterocycles. The standard InChI is InChI=1S/C18H16F3N3O5/c1-23-15(22)14(16(27)24(2)17(23)28)12(25)9-29-13(26)8-5-10-3-6-11(7-4-10)18(19,20)21/h3-8H,9,22H2,1-2H3/b8-5+. The number of ketones is 1. The second-order valence-corrected chi connectivity index (χ2v) is 5.95. The lowest BCUT2D eigenvalue weighted by Crippen LogP contribution is -2.42. The highest BCUT2D eigenvalue weighted by atomic mass is 19.4. The van der Waals surface area contributed by atoms with Gasteiger partial charge in [0.25, 0.3) is 5.56 Å². The summed E-state index contributed by atoms with van der Waals surface area (Å²) in [6.45, 7) is -0.812. The van der Waals surface area contributed by atoms with Gasteiger partial charge in [0.15, 0.2) is 6.61 Å². The van der Waals surface area contributed by atoms with Gasteiger partial charge in [0.2, 0.25) is 5.78 Å². The third-order valence-electron chi connectivity index (χ3n) is 3.98. The molecule has 0 bridgehead atoms. The number of anilines is 1. The maximum atomic E-state index is 12.5. The molecule has 0 aliphatic carbocycles. The number of alkyl halides is 3. The summed E-state index contributed by atoms with van der Waals surface area (Å²) in [6, 6.07) is 4.03. The molecule has 154 valence electrons. The van der Waals surface area contributed by atoms with E-state index in [1.165, 1.54) is 20.2 Å². The number of ether oxygens (including phenoxy) is 1. The van der Waals surface area contributed by atoms with E-state index in [-0.39, 0.29) is 5.82 Å². The van der Waals surface area contributed by atoms with Crippen molar-refractivity contribution in [3.05, 3.63) is 67.9 Å². The van der Waals surface area contributed by atoms with Crippen molar-refractivity contribution in [2.75, 3.05) is 12.3 Å². The van der Waals surface area contributed by atoms with Crippen molar-refractivity contribution in [2.45, 2.75) is 6.18 Å². The lowest BCUT2D eigenvalue weighted by Gasteiger charge is -2.10. The van der Waals surface area contributed by atoms with E-state index in [2.05, 4.69) is 0 Å². The number of carbonyl (C=O) groups is 2. The van der Waals surface area contributed by atoms with E-state index in [0.29, 0.717) is 10.1 Å². The Kier molecular flexibility index (Phi) is 6.10. The smallest absolute Gasteiger partial charge is 0.416 e. The fourth-order valence-corrected chi connectivity index (χ4v) is 2.33. The van der Waals surface area contributed by atoms with Crippen LogP contribution in [0.25, 0.3) is 6.08 Å². The minimum atomic E-state index is -4.47. The Morgan fingerprint density at radius 2 is 1.69 bits per heavy atom. The van der Waals surface area contributed by atoms with Crippen LogP contribution in [0.4, 0.5) is 19.0 Å². The van der Waals surface area contributed by atoms with E-state index in [9.17, 15) is 32.3 Å². The van der Waals surface area contributed by atoms with Gasteiger partial charge in [0, 0.05) is 20.2 Å². The highest BCUT2D eigenvalue weighted by Gasteiger charge is 2.29. The SMILES string of the molecule is Cn1c(N)c(C(=O)COC(=O)/C=C/c2ccc(C(F)(F)F)cc2)c(=O)n(C)c1=O. The number of aromatic nitrogens is 2. The number of carbonyl (C=O) groups excluding carboxylic acids is 2.